The lowest BCUT2D eigenvalue weighted by molar-refractivity contribution is -0.175. The number of benzene rings is 1. The third kappa shape index (κ3) is 4.30. The molecule has 1 heterocycles. The minimum atomic E-state index is -4.16. The van der Waals surface area contributed by atoms with E-state index in [2.05, 4.69) is 10.3 Å². The summed E-state index contributed by atoms with van der Waals surface area (Å²) in [6.07, 6.45) is -0.650. The Morgan fingerprint density at radius 1 is 1.41 bits per heavy atom. The highest BCUT2D eigenvalue weighted by atomic mass is 19.4. The maximum atomic E-state index is 12.9. The molecule has 0 bridgehead atoms. The number of aromatic nitrogens is 1. The van der Waals surface area contributed by atoms with Crippen LogP contribution < -0.4 is 5.32 Å². The fourth-order valence-electron chi connectivity index (χ4n) is 3.27. The number of allylic oxidation sites excluding steroid dienone is 2. The van der Waals surface area contributed by atoms with E-state index in [1.165, 1.54) is 6.20 Å². The smallest absolute Gasteiger partial charge is 0.392 e. The van der Waals surface area contributed by atoms with Gasteiger partial charge in [-0.1, -0.05) is 24.3 Å². The van der Waals surface area contributed by atoms with Gasteiger partial charge in [-0.3, -0.25) is 9.78 Å². The first-order valence-electron chi connectivity index (χ1n) is 8.86. The van der Waals surface area contributed by atoms with Crippen LogP contribution >= 0.6 is 0 Å². The number of para-hydroxylation sites is 1. The Morgan fingerprint density at radius 2 is 2.19 bits per heavy atom. The maximum absolute atomic E-state index is 12.9. The standard InChI is InChI=1S/C20H21F3N2O2/c1-12(11-26)25-19(27)15-9-14-3-2-4-17(18(14)24-10-15)13-5-7-16(8-6-13)20(21,22)23/h2-5,9-10,12,16,26H,6-8,11H2,1H3,(H,25,27)/t12-,16+/m1/s1. The molecule has 1 aliphatic carbocycles. The molecule has 1 aromatic heterocycles. The number of aliphatic hydroxyl groups is 1. The fourth-order valence-corrected chi connectivity index (χ4v) is 3.27. The molecule has 1 aliphatic rings. The van der Waals surface area contributed by atoms with Crippen molar-refractivity contribution in [1.29, 1.82) is 0 Å². The largest absolute Gasteiger partial charge is 0.394 e. The highest BCUT2D eigenvalue weighted by molar-refractivity contribution is 5.99. The molecular formula is C20H21F3N2O2. The number of nitrogens with one attached hydrogen (secondary N) is 1. The third-order valence-electron chi connectivity index (χ3n) is 4.84. The SMILES string of the molecule is C[C@H](CO)NC(=O)c1cnc2c(C3=CC[C@H](C(F)(F)F)CC3)cccc2c1. The lowest BCUT2D eigenvalue weighted by atomic mass is 9.85. The molecular weight excluding hydrogens is 357 g/mol. The lowest BCUT2D eigenvalue weighted by Crippen LogP contribution is -2.35. The summed E-state index contributed by atoms with van der Waals surface area (Å²) in [5, 5.41) is 12.5. The van der Waals surface area contributed by atoms with Crippen molar-refractivity contribution in [2.45, 2.75) is 38.4 Å². The number of carbonyl (C=O) groups excluding carboxylic acids is 1. The van der Waals surface area contributed by atoms with Crippen LogP contribution in [-0.2, 0) is 0 Å². The van der Waals surface area contributed by atoms with Crippen LogP contribution in [0, 0.1) is 5.92 Å². The summed E-state index contributed by atoms with van der Waals surface area (Å²) in [6, 6.07) is 6.82. The van der Waals surface area contributed by atoms with Crippen molar-refractivity contribution < 1.29 is 23.1 Å². The van der Waals surface area contributed by atoms with Gasteiger partial charge < -0.3 is 10.4 Å². The van der Waals surface area contributed by atoms with Crippen molar-refractivity contribution in [3.8, 4) is 0 Å². The molecule has 0 saturated carbocycles. The van der Waals surface area contributed by atoms with Crippen LogP contribution in [0.3, 0.4) is 0 Å². The molecule has 4 nitrogen and oxygen atoms in total. The van der Waals surface area contributed by atoms with E-state index in [0.29, 0.717) is 17.5 Å². The second-order valence-electron chi connectivity index (χ2n) is 6.90. The number of hydrogen-bond donors (Lipinski definition) is 2. The average Bonchev–Trinajstić information content (AvgIpc) is 2.66. The Labute approximate surface area is 155 Å². The van der Waals surface area contributed by atoms with Crippen LogP contribution in [0.15, 0.2) is 36.5 Å². The van der Waals surface area contributed by atoms with E-state index < -0.39 is 12.1 Å². The van der Waals surface area contributed by atoms with Gasteiger partial charge in [-0.15, -0.1) is 0 Å². The van der Waals surface area contributed by atoms with Crippen molar-refractivity contribution in [3.63, 3.8) is 0 Å². The molecule has 2 atom stereocenters. The van der Waals surface area contributed by atoms with Crippen LogP contribution in [0.25, 0.3) is 16.5 Å². The minimum absolute atomic E-state index is 0.0191. The number of nitrogens with zero attached hydrogens (tertiary/aromatic N) is 1. The lowest BCUT2D eigenvalue weighted by Gasteiger charge is -2.24. The fraction of sp³-hybridized carbons (Fsp3) is 0.400. The van der Waals surface area contributed by atoms with E-state index in [1.807, 2.05) is 18.2 Å². The van der Waals surface area contributed by atoms with Crippen LogP contribution in [0.5, 0.6) is 0 Å². The molecule has 0 unspecified atom stereocenters. The molecule has 0 saturated heterocycles. The summed E-state index contributed by atoms with van der Waals surface area (Å²) in [7, 11) is 0. The molecule has 2 aromatic rings. The van der Waals surface area contributed by atoms with E-state index in [-0.39, 0.29) is 31.4 Å². The second-order valence-corrected chi connectivity index (χ2v) is 6.90. The summed E-state index contributed by atoms with van der Waals surface area (Å²) in [5.74, 6) is -1.62. The quantitative estimate of drug-likeness (QED) is 0.842. The predicted molar refractivity (Wildman–Crippen MR) is 97.1 cm³/mol. The zero-order valence-electron chi connectivity index (χ0n) is 14.9. The summed E-state index contributed by atoms with van der Waals surface area (Å²) < 4.78 is 38.6. The molecule has 3 rings (SSSR count). The Balaban J connectivity index is 1.88. The molecule has 0 aliphatic heterocycles. The maximum Gasteiger partial charge on any atom is 0.392 e. The Kier molecular flexibility index (Phi) is 5.51. The van der Waals surface area contributed by atoms with E-state index >= 15 is 0 Å². The van der Waals surface area contributed by atoms with Crippen molar-refractivity contribution in [3.05, 3.63) is 47.7 Å². The number of amides is 1. The van der Waals surface area contributed by atoms with Gasteiger partial charge >= 0.3 is 6.18 Å². The number of rotatable bonds is 4. The van der Waals surface area contributed by atoms with E-state index in [1.54, 1.807) is 19.1 Å². The van der Waals surface area contributed by atoms with Gasteiger partial charge in [-0.05, 0) is 37.8 Å². The molecule has 0 radical (unpaired) electrons. The number of alkyl halides is 3. The topological polar surface area (TPSA) is 62.2 Å². The highest BCUT2D eigenvalue weighted by Gasteiger charge is 2.39. The molecule has 1 aromatic carbocycles. The zero-order chi connectivity index (χ0) is 19.6. The monoisotopic (exact) mass is 378 g/mol. The molecule has 1 amide bonds. The number of hydrogen-bond acceptors (Lipinski definition) is 3. The van der Waals surface area contributed by atoms with Gasteiger partial charge in [0.15, 0.2) is 0 Å². The minimum Gasteiger partial charge on any atom is -0.394 e. The van der Waals surface area contributed by atoms with Gasteiger partial charge in [0.2, 0.25) is 0 Å². The number of pyridine rings is 1. The number of halogens is 3. The van der Waals surface area contributed by atoms with E-state index in [9.17, 15) is 18.0 Å². The summed E-state index contributed by atoms with van der Waals surface area (Å²) >= 11 is 0. The predicted octanol–water partition coefficient (Wildman–Crippen LogP) is 4.09. The van der Waals surface area contributed by atoms with Gasteiger partial charge in [0.05, 0.1) is 23.6 Å². The third-order valence-corrected chi connectivity index (χ3v) is 4.84. The summed E-state index contributed by atoms with van der Waals surface area (Å²) in [5.41, 5.74) is 2.71. The second kappa shape index (κ2) is 7.68. The first-order chi connectivity index (χ1) is 12.8. The molecule has 27 heavy (non-hydrogen) atoms. The highest BCUT2D eigenvalue weighted by Crippen LogP contribution is 2.40. The van der Waals surface area contributed by atoms with Crippen LogP contribution in [-0.4, -0.2) is 34.8 Å². The van der Waals surface area contributed by atoms with E-state index in [4.69, 9.17) is 5.11 Å². The molecule has 0 fully saturated rings. The molecule has 144 valence electrons. The first kappa shape index (κ1) is 19.4. The van der Waals surface area contributed by atoms with Gasteiger partial charge in [0, 0.05) is 23.2 Å². The Morgan fingerprint density at radius 3 is 2.81 bits per heavy atom. The Hall–Kier alpha value is -2.41. The normalized spacial score (nSPS) is 18.9. The van der Waals surface area contributed by atoms with Crippen LogP contribution in [0.4, 0.5) is 13.2 Å². The van der Waals surface area contributed by atoms with E-state index in [0.717, 1.165) is 16.5 Å². The number of carbonyl (C=O) groups is 1. The van der Waals surface area contributed by atoms with Gasteiger partial charge in [0.1, 0.15) is 0 Å². The van der Waals surface area contributed by atoms with Crippen LogP contribution in [0.2, 0.25) is 0 Å². The van der Waals surface area contributed by atoms with Gasteiger partial charge in [0.25, 0.3) is 5.91 Å². The molecule has 0 spiro atoms. The van der Waals surface area contributed by atoms with Gasteiger partial charge in [-0.25, -0.2) is 0 Å². The van der Waals surface area contributed by atoms with Crippen molar-refractivity contribution in [2.24, 2.45) is 5.92 Å². The first-order valence-corrected chi connectivity index (χ1v) is 8.86. The van der Waals surface area contributed by atoms with Gasteiger partial charge in [-0.2, -0.15) is 13.2 Å². The number of fused-ring (bicyclic) bond motifs is 1. The van der Waals surface area contributed by atoms with Crippen molar-refractivity contribution in [1.82, 2.24) is 10.3 Å². The summed E-state index contributed by atoms with van der Waals surface area (Å²) in [4.78, 5) is 16.6. The zero-order valence-corrected chi connectivity index (χ0v) is 14.9. The van der Waals surface area contributed by atoms with Crippen molar-refractivity contribution >= 4 is 22.4 Å². The average molecular weight is 378 g/mol. The number of aliphatic hydroxyl groups excluding tert-OH is 1. The molecule has 7 heteroatoms. The van der Waals surface area contributed by atoms with Crippen molar-refractivity contribution in [2.75, 3.05) is 6.61 Å². The van der Waals surface area contributed by atoms with Crippen LogP contribution in [0.1, 0.15) is 42.1 Å². The Bertz CT molecular complexity index is 877. The summed E-state index contributed by atoms with van der Waals surface area (Å²) in [6.45, 7) is 1.53. The molecule has 2 N–H and O–H groups in total.